The zero-order valence-corrected chi connectivity index (χ0v) is 17.6. The zero-order chi connectivity index (χ0) is 19.9. The van der Waals surface area contributed by atoms with Crippen molar-refractivity contribution >= 4 is 0 Å². The molecule has 0 spiro atoms. The van der Waals surface area contributed by atoms with E-state index in [0.29, 0.717) is 5.92 Å². The lowest BCUT2D eigenvalue weighted by atomic mass is 9.68. The molecule has 2 fully saturated rings. The van der Waals surface area contributed by atoms with Crippen LogP contribution in [0, 0.1) is 29.4 Å². The Hall–Kier alpha value is -1.22. The van der Waals surface area contributed by atoms with Crippen LogP contribution in [-0.2, 0) is 11.3 Å². The summed E-state index contributed by atoms with van der Waals surface area (Å²) in [5.74, 6) is 1.82. The molecular formula is C25H36F2O. The van der Waals surface area contributed by atoms with Crippen LogP contribution >= 0.6 is 0 Å². The van der Waals surface area contributed by atoms with E-state index < -0.39 is 11.6 Å². The SMILES string of the molecule is CCC/C=C/[C@H]1CC[C@H](C2CCC(c3cc(F)c(COC)c(F)c3)CC2)CC1. The van der Waals surface area contributed by atoms with Gasteiger partial charge in [0.25, 0.3) is 0 Å². The lowest BCUT2D eigenvalue weighted by molar-refractivity contribution is 0.170. The van der Waals surface area contributed by atoms with E-state index in [0.717, 1.165) is 36.2 Å². The number of methoxy groups -OCH3 is 1. The van der Waals surface area contributed by atoms with Gasteiger partial charge >= 0.3 is 0 Å². The number of halogens is 2. The first-order valence-electron chi connectivity index (χ1n) is 11.3. The molecule has 0 aromatic heterocycles. The molecule has 0 radical (unpaired) electrons. The van der Waals surface area contributed by atoms with E-state index in [9.17, 15) is 8.78 Å². The quantitative estimate of drug-likeness (QED) is 0.437. The van der Waals surface area contributed by atoms with Crippen LogP contribution in [0.2, 0.25) is 0 Å². The molecule has 0 N–H and O–H groups in total. The van der Waals surface area contributed by atoms with E-state index in [-0.39, 0.29) is 12.2 Å². The van der Waals surface area contributed by atoms with Gasteiger partial charge in [-0.3, -0.25) is 0 Å². The van der Waals surface area contributed by atoms with Gasteiger partial charge in [0.1, 0.15) is 11.6 Å². The van der Waals surface area contributed by atoms with Crippen molar-refractivity contribution in [2.75, 3.05) is 7.11 Å². The topological polar surface area (TPSA) is 9.23 Å². The van der Waals surface area contributed by atoms with Crippen molar-refractivity contribution in [2.24, 2.45) is 17.8 Å². The summed E-state index contributed by atoms with van der Waals surface area (Å²) in [4.78, 5) is 0. The molecule has 2 aliphatic carbocycles. The van der Waals surface area contributed by atoms with Crippen molar-refractivity contribution in [3.63, 3.8) is 0 Å². The summed E-state index contributed by atoms with van der Waals surface area (Å²) in [5.41, 5.74) is 0.878. The number of rotatable bonds is 7. The largest absolute Gasteiger partial charge is 0.380 e. The van der Waals surface area contributed by atoms with Crippen LogP contribution in [0.15, 0.2) is 24.3 Å². The van der Waals surface area contributed by atoms with E-state index in [4.69, 9.17) is 4.74 Å². The minimum Gasteiger partial charge on any atom is -0.380 e. The normalized spacial score (nSPS) is 28.7. The summed E-state index contributed by atoms with van der Waals surface area (Å²) in [7, 11) is 1.46. The van der Waals surface area contributed by atoms with Crippen molar-refractivity contribution in [1.82, 2.24) is 0 Å². The first-order valence-corrected chi connectivity index (χ1v) is 11.3. The maximum Gasteiger partial charge on any atom is 0.131 e. The van der Waals surface area contributed by atoms with Crippen molar-refractivity contribution in [3.05, 3.63) is 47.0 Å². The molecule has 2 saturated carbocycles. The fourth-order valence-corrected chi connectivity index (χ4v) is 5.33. The molecule has 2 aliphatic rings. The summed E-state index contributed by atoms with van der Waals surface area (Å²) in [5, 5.41) is 0. The van der Waals surface area contributed by atoms with Gasteiger partial charge in [0.15, 0.2) is 0 Å². The Bertz CT molecular complexity index is 615. The third kappa shape index (κ3) is 5.43. The van der Waals surface area contributed by atoms with Crippen LogP contribution in [0.4, 0.5) is 8.78 Å². The summed E-state index contributed by atoms with van der Waals surface area (Å²) in [6.45, 7) is 2.22. The predicted octanol–water partition coefficient (Wildman–Crippen LogP) is 7.55. The molecular weight excluding hydrogens is 354 g/mol. The van der Waals surface area contributed by atoms with E-state index in [1.165, 1.54) is 70.6 Å². The molecule has 1 nitrogen and oxygen atoms in total. The average Bonchev–Trinajstić information content (AvgIpc) is 2.71. The first kappa shape index (κ1) is 21.5. The lowest BCUT2D eigenvalue weighted by Gasteiger charge is -2.37. The van der Waals surface area contributed by atoms with Gasteiger partial charge in [0.05, 0.1) is 6.61 Å². The number of hydrogen-bond donors (Lipinski definition) is 0. The molecule has 3 rings (SSSR count). The summed E-state index contributed by atoms with van der Waals surface area (Å²) < 4.78 is 33.4. The third-order valence-electron chi connectivity index (χ3n) is 7.04. The Labute approximate surface area is 169 Å². The van der Waals surface area contributed by atoms with Crippen LogP contribution in [0.3, 0.4) is 0 Å². The van der Waals surface area contributed by atoms with Crippen LogP contribution in [0.1, 0.15) is 88.2 Å². The van der Waals surface area contributed by atoms with Gasteiger partial charge in [-0.05, 0) is 99.2 Å². The fraction of sp³-hybridized carbons (Fsp3) is 0.680. The summed E-state index contributed by atoms with van der Waals surface area (Å²) in [6, 6.07) is 3.08. The van der Waals surface area contributed by atoms with Gasteiger partial charge in [-0.15, -0.1) is 0 Å². The first-order chi connectivity index (χ1) is 13.6. The molecule has 156 valence electrons. The highest BCUT2D eigenvalue weighted by Crippen LogP contribution is 2.44. The minimum absolute atomic E-state index is 0.0129. The van der Waals surface area contributed by atoms with Gasteiger partial charge in [-0.2, -0.15) is 0 Å². The van der Waals surface area contributed by atoms with Crippen LogP contribution < -0.4 is 0 Å². The minimum atomic E-state index is -0.464. The third-order valence-corrected chi connectivity index (χ3v) is 7.04. The van der Waals surface area contributed by atoms with Crippen molar-refractivity contribution < 1.29 is 13.5 Å². The van der Waals surface area contributed by atoms with E-state index >= 15 is 0 Å². The Balaban J connectivity index is 1.50. The Kier molecular flexibility index (Phi) is 8.08. The maximum atomic E-state index is 14.2. The molecule has 28 heavy (non-hydrogen) atoms. The Morgan fingerprint density at radius 2 is 1.50 bits per heavy atom. The molecule has 0 aliphatic heterocycles. The van der Waals surface area contributed by atoms with Crippen LogP contribution in [0.25, 0.3) is 0 Å². The van der Waals surface area contributed by atoms with Crippen molar-refractivity contribution in [3.8, 4) is 0 Å². The molecule has 0 bridgehead atoms. The van der Waals surface area contributed by atoms with Gasteiger partial charge < -0.3 is 4.74 Å². The average molecular weight is 391 g/mol. The number of hydrogen-bond acceptors (Lipinski definition) is 1. The molecule has 0 heterocycles. The predicted molar refractivity (Wildman–Crippen MR) is 111 cm³/mol. The van der Waals surface area contributed by atoms with Gasteiger partial charge in [0, 0.05) is 12.7 Å². The highest BCUT2D eigenvalue weighted by Gasteiger charge is 2.31. The highest BCUT2D eigenvalue weighted by molar-refractivity contribution is 5.28. The number of allylic oxidation sites excluding steroid dienone is 2. The molecule has 0 atom stereocenters. The number of benzene rings is 1. The summed E-state index contributed by atoms with van der Waals surface area (Å²) >= 11 is 0. The van der Waals surface area contributed by atoms with E-state index in [2.05, 4.69) is 19.1 Å². The molecule has 3 heteroatoms. The number of unbranched alkanes of at least 4 members (excludes halogenated alkanes) is 1. The highest BCUT2D eigenvalue weighted by atomic mass is 19.1. The second-order valence-corrected chi connectivity index (χ2v) is 8.90. The van der Waals surface area contributed by atoms with Crippen molar-refractivity contribution in [2.45, 2.75) is 83.7 Å². The maximum absolute atomic E-state index is 14.2. The molecule has 0 saturated heterocycles. The standard InChI is InChI=1S/C25H36F2O/c1-3-4-5-6-18-7-9-19(10-8-18)20-11-13-21(14-12-20)22-15-24(26)23(17-28-2)25(27)16-22/h5-6,15-16,18-21H,3-4,7-14,17H2,1-2H3/b6-5+/t18-,19-,20?,21?. The van der Waals surface area contributed by atoms with Crippen molar-refractivity contribution in [1.29, 1.82) is 0 Å². The fourth-order valence-electron chi connectivity index (χ4n) is 5.33. The Morgan fingerprint density at radius 3 is 2.04 bits per heavy atom. The van der Waals surface area contributed by atoms with Crippen LogP contribution in [0.5, 0.6) is 0 Å². The number of ether oxygens (including phenoxy) is 1. The molecule has 1 aromatic rings. The zero-order valence-electron chi connectivity index (χ0n) is 17.6. The Morgan fingerprint density at radius 1 is 0.929 bits per heavy atom. The molecule has 0 amide bonds. The van der Waals surface area contributed by atoms with Gasteiger partial charge in [-0.1, -0.05) is 25.5 Å². The van der Waals surface area contributed by atoms with E-state index in [1.54, 1.807) is 0 Å². The summed E-state index contributed by atoms with van der Waals surface area (Å²) in [6.07, 6.45) is 17.2. The monoisotopic (exact) mass is 390 g/mol. The second kappa shape index (κ2) is 10.5. The second-order valence-electron chi connectivity index (χ2n) is 8.90. The van der Waals surface area contributed by atoms with Gasteiger partial charge in [0.2, 0.25) is 0 Å². The molecule has 0 unspecified atom stereocenters. The van der Waals surface area contributed by atoms with Gasteiger partial charge in [-0.25, -0.2) is 8.78 Å². The van der Waals surface area contributed by atoms with Crippen LogP contribution in [-0.4, -0.2) is 7.11 Å². The smallest absolute Gasteiger partial charge is 0.131 e. The van der Waals surface area contributed by atoms with E-state index in [1.807, 2.05) is 0 Å². The lowest BCUT2D eigenvalue weighted by Crippen LogP contribution is -2.25. The molecule has 1 aromatic carbocycles.